The maximum atomic E-state index is 12.0. The molecule has 0 bridgehead atoms. The lowest BCUT2D eigenvalue weighted by Crippen LogP contribution is -2.26. The summed E-state index contributed by atoms with van der Waals surface area (Å²) < 4.78 is 2.14. The van der Waals surface area contributed by atoms with Gasteiger partial charge in [0.05, 0.1) is 6.20 Å². The summed E-state index contributed by atoms with van der Waals surface area (Å²) >= 11 is 0. The average Bonchev–Trinajstić information content (AvgIpc) is 3.12. The van der Waals surface area contributed by atoms with Crippen molar-refractivity contribution in [1.29, 1.82) is 0 Å². The van der Waals surface area contributed by atoms with E-state index in [9.17, 15) is 9.90 Å². The van der Waals surface area contributed by atoms with E-state index in [4.69, 9.17) is 0 Å². The van der Waals surface area contributed by atoms with Crippen LogP contribution >= 0.6 is 0 Å². The number of nitrogens with zero attached hydrogens (tertiary/aromatic N) is 2. The topological polar surface area (TPSA) is 45.5 Å². The van der Waals surface area contributed by atoms with Crippen LogP contribution in [0.4, 0.5) is 0 Å². The summed E-state index contributed by atoms with van der Waals surface area (Å²) in [6.07, 6.45) is 6.33. The molecule has 0 radical (unpaired) electrons. The van der Waals surface area contributed by atoms with Crippen molar-refractivity contribution in [2.45, 2.75) is 51.7 Å². The monoisotopic (exact) mass is 326 g/mol. The highest BCUT2D eigenvalue weighted by Gasteiger charge is 2.20. The van der Waals surface area contributed by atoms with Crippen LogP contribution in [0, 0.1) is 0 Å². The van der Waals surface area contributed by atoms with E-state index in [1.54, 1.807) is 12.3 Å². The van der Waals surface area contributed by atoms with E-state index in [2.05, 4.69) is 40.7 Å². The molecule has 1 aromatic carbocycles. The molecule has 0 amide bonds. The van der Waals surface area contributed by atoms with Crippen LogP contribution in [0.3, 0.4) is 0 Å². The van der Waals surface area contributed by atoms with Crippen LogP contribution in [-0.4, -0.2) is 21.1 Å². The molecule has 0 spiro atoms. The van der Waals surface area contributed by atoms with Gasteiger partial charge in [-0.25, -0.2) is 0 Å². The highest BCUT2D eigenvalue weighted by atomic mass is 16.3. The van der Waals surface area contributed by atoms with Crippen LogP contribution in [0.1, 0.15) is 49.9 Å². The standard InChI is InChI=1S/C20H26N2O2/c1-2-21(13-16-8-4-3-5-9-16)14-18-12-19(23)20(24)15-22(18)17-10-6-7-11-17/h3-5,8-9,12,15,17,24H,2,6-7,10-11,13-14H2,1H3. The molecule has 1 aromatic heterocycles. The van der Waals surface area contributed by atoms with Crippen molar-refractivity contribution in [2.75, 3.05) is 6.54 Å². The summed E-state index contributed by atoms with van der Waals surface area (Å²) in [5.74, 6) is -0.142. The molecule has 2 aromatic rings. The first-order valence-electron chi connectivity index (χ1n) is 8.87. The highest BCUT2D eigenvalue weighted by Crippen LogP contribution is 2.31. The molecule has 0 aliphatic heterocycles. The van der Waals surface area contributed by atoms with Crippen molar-refractivity contribution < 1.29 is 5.11 Å². The summed E-state index contributed by atoms with van der Waals surface area (Å²) in [6, 6.07) is 12.4. The number of rotatable bonds is 6. The molecule has 3 rings (SSSR count). The SMILES string of the molecule is CCN(Cc1ccccc1)Cc1cc(=O)c(O)cn1C1CCCC1. The summed E-state index contributed by atoms with van der Waals surface area (Å²) in [5.41, 5.74) is 1.99. The third-order valence-electron chi connectivity index (χ3n) is 4.94. The molecule has 1 aliphatic carbocycles. The van der Waals surface area contributed by atoms with Crippen molar-refractivity contribution in [3.63, 3.8) is 0 Å². The minimum Gasteiger partial charge on any atom is -0.503 e. The van der Waals surface area contributed by atoms with E-state index in [1.165, 1.54) is 18.4 Å². The molecule has 0 atom stereocenters. The van der Waals surface area contributed by atoms with Gasteiger partial charge in [0.15, 0.2) is 5.75 Å². The molecule has 1 aliphatic rings. The largest absolute Gasteiger partial charge is 0.503 e. The second kappa shape index (κ2) is 7.67. The Bertz CT molecular complexity index is 718. The molecule has 24 heavy (non-hydrogen) atoms. The van der Waals surface area contributed by atoms with Crippen LogP contribution in [0.25, 0.3) is 0 Å². The molecule has 0 unspecified atom stereocenters. The van der Waals surface area contributed by atoms with E-state index in [0.717, 1.165) is 38.2 Å². The van der Waals surface area contributed by atoms with Crippen molar-refractivity contribution in [1.82, 2.24) is 9.47 Å². The first-order chi connectivity index (χ1) is 11.7. The number of pyridine rings is 1. The molecular formula is C20H26N2O2. The zero-order valence-corrected chi connectivity index (χ0v) is 14.3. The predicted molar refractivity (Wildman–Crippen MR) is 96.1 cm³/mol. The lowest BCUT2D eigenvalue weighted by molar-refractivity contribution is 0.259. The van der Waals surface area contributed by atoms with Gasteiger partial charge in [-0.05, 0) is 24.9 Å². The summed E-state index contributed by atoms with van der Waals surface area (Å²) in [6.45, 7) is 4.63. The van der Waals surface area contributed by atoms with E-state index >= 15 is 0 Å². The Morgan fingerprint density at radius 3 is 2.54 bits per heavy atom. The fraction of sp³-hybridized carbons (Fsp3) is 0.450. The molecule has 1 heterocycles. The maximum absolute atomic E-state index is 12.0. The Hall–Kier alpha value is -2.07. The first-order valence-corrected chi connectivity index (χ1v) is 8.87. The number of aromatic hydroxyl groups is 1. The van der Waals surface area contributed by atoms with Gasteiger partial charge in [-0.15, -0.1) is 0 Å². The first kappa shape index (κ1) is 16.8. The quantitative estimate of drug-likeness (QED) is 0.880. The fourth-order valence-electron chi connectivity index (χ4n) is 3.58. The molecule has 0 saturated heterocycles. The van der Waals surface area contributed by atoms with Crippen molar-refractivity contribution >= 4 is 0 Å². The Kier molecular flexibility index (Phi) is 5.36. The van der Waals surface area contributed by atoms with Crippen molar-refractivity contribution in [3.8, 4) is 5.75 Å². The average molecular weight is 326 g/mol. The van der Waals surface area contributed by atoms with Gasteiger partial charge in [-0.2, -0.15) is 0 Å². The highest BCUT2D eigenvalue weighted by molar-refractivity contribution is 5.22. The second-order valence-corrected chi connectivity index (χ2v) is 6.65. The smallest absolute Gasteiger partial charge is 0.223 e. The summed E-state index contributed by atoms with van der Waals surface area (Å²) in [7, 11) is 0. The van der Waals surface area contributed by atoms with E-state index in [-0.39, 0.29) is 11.2 Å². The Labute approximate surface area is 143 Å². The number of hydrogen-bond acceptors (Lipinski definition) is 3. The normalized spacial score (nSPS) is 15.2. The van der Waals surface area contributed by atoms with Gasteiger partial charge in [-0.3, -0.25) is 9.69 Å². The Morgan fingerprint density at radius 2 is 1.88 bits per heavy atom. The van der Waals surface area contributed by atoms with E-state index in [0.29, 0.717) is 6.04 Å². The number of aromatic nitrogens is 1. The Morgan fingerprint density at radius 1 is 1.17 bits per heavy atom. The summed E-state index contributed by atoms with van der Waals surface area (Å²) in [5, 5.41) is 9.86. The third kappa shape index (κ3) is 3.88. The van der Waals surface area contributed by atoms with Crippen molar-refractivity contribution in [3.05, 3.63) is 64.1 Å². The second-order valence-electron chi connectivity index (χ2n) is 6.65. The van der Waals surface area contributed by atoms with Gasteiger partial charge in [0, 0.05) is 30.9 Å². The molecule has 1 saturated carbocycles. The number of hydrogen-bond donors (Lipinski definition) is 1. The van der Waals surface area contributed by atoms with Gasteiger partial charge in [-0.1, -0.05) is 50.1 Å². The van der Waals surface area contributed by atoms with Gasteiger partial charge in [0.1, 0.15) is 0 Å². The fourth-order valence-corrected chi connectivity index (χ4v) is 3.58. The van der Waals surface area contributed by atoms with Crippen LogP contribution in [0.5, 0.6) is 5.75 Å². The molecule has 1 fully saturated rings. The molecule has 128 valence electrons. The molecular weight excluding hydrogens is 300 g/mol. The zero-order chi connectivity index (χ0) is 16.9. The van der Waals surface area contributed by atoms with E-state index < -0.39 is 0 Å². The molecule has 4 heteroatoms. The van der Waals surface area contributed by atoms with E-state index in [1.807, 2.05) is 6.07 Å². The van der Waals surface area contributed by atoms with Crippen LogP contribution in [-0.2, 0) is 13.1 Å². The van der Waals surface area contributed by atoms with Crippen LogP contribution in [0.2, 0.25) is 0 Å². The molecule has 4 nitrogen and oxygen atoms in total. The lowest BCUT2D eigenvalue weighted by Gasteiger charge is -2.25. The van der Waals surface area contributed by atoms with Gasteiger partial charge in [0.25, 0.3) is 0 Å². The maximum Gasteiger partial charge on any atom is 0.223 e. The minimum absolute atomic E-state index is 0.142. The summed E-state index contributed by atoms with van der Waals surface area (Å²) in [4.78, 5) is 14.3. The van der Waals surface area contributed by atoms with Gasteiger partial charge in [0.2, 0.25) is 5.43 Å². The minimum atomic E-state index is -0.282. The third-order valence-corrected chi connectivity index (χ3v) is 4.94. The van der Waals surface area contributed by atoms with Crippen LogP contribution < -0.4 is 5.43 Å². The lowest BCUT2D eigenvalue weighted by atomic mass is 10.2. The van der Waals surface area contributed by atoms with Crippen molar-refractivity contribution in [2.24, 2.45) is 0 Å². The zero-order valence-electron chi connectivity index (χ0n) is 14.3. The Balaban J connectivity index is 1.84. The van der Waals surface area contributed by atoms with Gasteiger partial charge >= 0.3 is 0 Å². The molecule has 1 N–H and O–H groups in total. The van der Waals surface area contributed by atoms with Gasteiger partial charge < -0.3 is 9.67 Å². The predicted octanol–water partition coefficient (Wildman–Crippen LogP) is 3.69. The number of benzene rings is 1. The van der Waals surface area contributed by atoms with Crippen LogP contribution in [0.15, 0.2) is 47.4 Å².